The summed E-state index contributed by atoms with van der Waals surface area (Å²) in [4.78, 5) is 14.8. The van der Waals surface area contributed by atoms with Gasteiger partial charge in [0.2, 0.25) is 5.91 Å². The van der Waals surface area contributed by atoms with Crippen molar-refractivity contribution in [3.63, 3.8) is 0 Å². The topological polar surface area (TPSA) is 81.2 Å². The average molecular weight is 352 g/mol. The van der Waals surface area contributed by atoms with Gasteiger partial charge in [-0.25, -0.2) is 0 Å². The van der Waals surface area contributed by atoms with Crippen molar-refractivity contribution < 1.29 is 22.4 Å². The molecule has 0 bridgehead atoms. The van der Waals surface area contributed by atoms with Crippen molar-refractivity contribution in [2.24, 2.45) is 5.73 Å². The molecule has 1 amide bonds. The van der Waals surface area contributed by atoms with Crippen LogP contribution >= 0.6 is 15.9 Å². The molecule has 0 aliphatic rings. The Morgan fingerprint density at radius 3 is 2.70 bits per heavy atom. The van der Waals surface area contributed by atoms with Gasteiger partial charge in [0, 0.05) is 0 Å². The van der Waals surface area contributed by atoms with E-state index in [0.717, 1.165) is 12.1 Å². The first kappa shape index (κ1) is 14.6. The van der Waals surface area contributed by atoms with Crippen LogP contribution < -0.4 is 11.1 Å². The number of nitrogens with zero attached hydrogens (tertiary/aromatic N) is 1. The number of primary amides is 1. The maximum atomic E-state index is 12.7. The zero-order valence-corrected chi connectivity index (χ0v) is 11.7. The number of hydrogen-bond donors (Lipinski definition) is 2. The maximum Gasteiger partial charge on any atom is 0.416 e. The van der Waals surface area contributed by atoms with Gasteiger partial charge in [-0.05, 0) is 35.0 Å². The summed E-state index contributed by atoms with van der Waals surface area (Å²) in [5, 5.41) is 2.56. The smallest absolute Gasteiger partial charge is 0.416 e. The van der Waals surface area contributed by atoms with Gasteiger partial charge in [0.1, 0.15) is 11.6 Å². The van der Waals surface area contributed by atoms with Gasteiger partial charge < -0.3 is 15.5 Å². The average Bonchev–Trinajstić information content (AvgIpc) is 2.70. The van der Waals surface area contributed by atoms with Crippen molar-refractivity contribution in [2.45, 2.75) is 19.1 Å². The number of nitrogens with two attached hydrogens (primary N) is 1. The Bertz CT molecular complexity index is 669. The fourth-order valence-corrected chi connectivity index (χ4v) is 2.00. The second kappa shape index (κ2) is 4.97. The van der Waals surface area contributed by atoms with Gasteiger partial charge in [0.15, 0.2) is 5.58 Å². The molecule has 20 heavy (non-hydrogen) atoms. The molecule has 0 saturated carbocycles. The number of anilines is 1. The molecule has 0 saturated heterocycles. The summed E-state index contributed by atoms with van der Waals surface area (Å²) in [6, 6.07) is 0.925. The zero-order chi connectivity index (χ0) is 15.1. The summed E-state index contributed by atoms with van der Waals surface area (Å²) >= 11 is 3.00. The summed E-state index contributed by atoms with van der Waals surface area (Å²) in [5.41, 5.74) is 4.38. The van der Waals surface area contributed by atoms with Crippen molar-refractivity contribution in [1.29, 1.82) is 0 Å². The lowest BCUT2D eigenvalue weighted by molar-refractivity contribution is -0.137. The second-order valence-electron chi connectivity index (χ2n) is 4.09. The molecule has 5 nitrogen and oxygen atoms in total. The number of amides is 1. The molecule has 1 aromatic carbocycles. The minimum Gasteiger partial charge on any atom is -0.422 e. The number of fused-ring (bicyclic) bond motifs is 1. The van der Waals surface area contributed by atoms with Crippen molar-refractivity contribution in [1.82, 2.24) is 4.98 Å². The van der Waals surface area contributed by atoms with Crippen molar-refractivity contribution in [3.05, 3.63) is 22.2 Å². The Hall–Kier alpha value is -1.77. The van der Waals surface area contributed by atoms with Crippen molar-refractivity contribution in [3.8, 4) is 0 Å². The van der Waals surface area contributed by atoms with E-state index in [2.05, 4.69) is 26.2 Å². The number of oxazole rings is 1. The number of nitrogens with one attached hydrogen (secondary N) is 1. The predicted molar refractivity (Wildman–Crippen MR) is 69.0 cm³/mol. The van der Waals surface area contributed by atoms with Crippen LogP contribution in [0.4, 0.5) is 19.2 Å². The molecule has 0 fully saturated rings. The monoisotopic (exact) mass is 351 g/mol. The highest BCUT2D eigenvalue weighted by atomic mass is 79.9. The SMILES string of the molecule is CC(Nc1nc2cc(C(F)(F)F)cc(Br)c2o1)C(N)=O. The van der Waals surface area contributed by atoms with Gasteiger partial charge in [-0.1, -0.05) is 0 Å². The molecule has 2 aromatic rings. The number of rotatable bonds is 3. The molecular weight excluding hydrogens is 343 g/mol. The first-order valence-electron chi connectivity index (χ1n) is 5.41. The third-order valence-corrected chi connectivity index (χ3v) is 3.13. The summed E-state index contributed by atoms with van der Waals surface area (Å²) in [7, 11) is 0. The molecule has 0 spiro atoms. The molecule has 1 atom stereocenters. The van der Waals surface area contributed by atoms with Crippen LogP contribution in [0.5, 0.6) is 0 Å². The van der Waals surface area contributed by atoms with E-state index in [1.54, 1.807) is 0 Å². The Balaban J connectivity index is 2.44. The second-order valence-corrected chi connectivity index (χ2v) is 4.95. The normalized spacial score (nSPS) is 13.4. The molecule has 0 aliphatic heterocycles. The molecule has 1 unspecified atom stereocenters. The molecular formula is C11H9BrF3N3O2. The lowest BCUT2D eigenvalue weighted by Crippen LogP contribution is -2.32. The zero-order valence-electron chi connectivity index (χ0n) is 10.1. The number of carbonyl (C=O) groups is 1. The number of halogens is 4. The molecule has 0 aliphatic carbocycles. The van der Waals surface area contributed by atoms with Gasteiger partial charge in [0.25, 0.3) is 6.01 Å². The number of hydrogen-bond acceptors (Lipinski definition) is 4. The van der Waals surface area contributed by atoms with Gasteiger partial charge in [-0.3, -0.25) is 4.79 Å². The van der Waals surface area contributed by atoms with Crippen LogP contribution in [-0.2, 0) is 11.0 Å². The first-order valence-corrected chi connectivity index (χ1v) is 6.21. The number of benzene rings is 1. The van der Waals surface area contributed by atoms with Gasteiger partial charge >= 0.3 is 6.18 Å². The first-order chi connectivity index (χ1) is 9.18. The van der Waals surface area contributed by atoms with Crippen LogP contribution in [0.3, 0.4) is 0 Å². The standard InChI is InChI=1S/C11H9BrF3N3O2/c1-4(9(16)19)17-10-18-7-3-5(11(13,14)15)2-6(12)8(7)20-10/h2-4H,1H3,(H2,16,19)(H,17,18). The van der Waals surface area contributed by atoms with Crippen molar-refractivity contribution >= 4 is 39.0 Å². The van der Waals surface area contributed by atoms with Gasteiger partial charge in [-0.2, -0.15) is 18.2 Å². The molecule has 1 aromatic heterocycles. The summed E-state index contributed by atoms with van der Waals surface area (Å²) in [6.45, 7) is 1.48. The fraction of sp³-hybridized carbons (Fsp3) is 0.273. The van der Waals surface area contributed by atoms with E-state index < -0.39 is 23.7 Å². The van der Waals surface area contributed by atoms with E-state index in [4.69, 9.17) is 10.2 Å². The molecule has 0 radical (unpaired) electrons. The molecule has 3 N–H and O–H groups in total. The van der Waals surface area contributed by atoms with E-state index in [1.165, 1.54) is 6.92 Å². The van der Waals surface area contributed by atoms with Crippen LogP contribution in [-0.4, -0.2) is 16.9 Å². The summed E-state index contributed by atoms with van der Waals surface area (Å²) in [6.07, 6.45) is -4.48. The fourth-order valence-electron chi connectivity index (χ4n) is 1.47. The van der Waals surface area contributed by atoms with Crippen LogP contribution in [0.25, 0.3) is 11.1 Å². The number of carbonyl (C=O) groups excluding carboxylic acids is 1. The van der Waals surface area contributed by atoms with E-state index in [1.807, 2.05) is 0 Å². The maximum absolute atomic E-state index is 12.7. The van der Waals surface area contributed by atoms with E-state index in [-0.39, 0.29) is 21.6 Å². The van der Waals surface area contributed by atoms with Gasteiger partial charge in [0.05, 0.1) is 10.0 Å². The van der Waals surface area contributed by atoms with Gasteiger partial charge in [-0.15, -0.1) is 0 Å². The lowest BCUT2D eigenvalue weighted by Gasteiger charge is -2.06. The lowest BCUT2D eigenvalue weighted by atomic mass is 10.2. The van der Waals surface area contributed by atoms with E-state index in [0.29, 0.717) is 0 Å². The highest BCUT2D eigenvalue weighted by Crippen LogP contribution is 2.36. The number of aromatic nitrogens is 1. The van der Waals surface area contributed by atoms with Crippen LogP contribution in [0.1, 0.15) is 12.5 Å². The molecule has 1 heterocycles. The Kier molecular flexibility index (Phi) is 3.63. The number of alkyl halides is 3. The Labute approximate surface area is 119 Å². The molecule has 108 valence electrons. The Morgan fingerprint density at radius 2 is 2.15 bits per heavy atom. The minimum atomic E-state index is -4.48. The Morgan fingerprint density at radius 1 is 1.50 bits per heavy atom. The third-order valence-electron chi connectivity index (χ3n) is 2.54. The van der Waals surface area contributed by atoms with Crippen LogP contribution in [0.15, 0.2) is 21.0 Å². The van der Waals surface area contributed by atoms with E-state index >= 15 is 0 Å². The predicted octanol–water partition coefficient (Wildman–Crippen LogP) is 2.89. The largest absolute Gasteiger partial charge is 0.422 e. The minimum absolute atomic E-state index is 0.0193. The van der Waals surface area contributed by atoms with Crippen molar-refractivity contribution in [2.75, 3.05) is 5.32 Å². The molecule has 2 rings (SSSR count). The summed E-state index contributed by atoms with van der Waals surface area (Å²) in [5.74, 6) is -0.637. The highest BCUT2D eigenvalue weighted by Gasteiger charge is 2.32. The van der Waals surface area contributed by atoms with E-state index in [9.17, 15) is 18.0 Å². The van der Waals surface area contributed by atoms with Crippen LogP contribution in [0.2, 0.25) is 0 Å². The quantitative estimate of drug-likeness (QED) is 0.890. The van der Waals surface area contributed by atoms with Crippen LogP contribution in [0, 0.1) is 0 Å². The third kappa shape index (κ3) is 2.87. The molecule has 9 heteroatoms. The summed E-state index contributed by atoms with van der Waals surface area (Å²) < 4.78 is 43.4. The highest BCUT2D eigenvalue weighted by molar-refractivity contribution is 9.10.